The van der Waals surface area contributed by atoms with Crippen molar-refractivity contribution in [2.24, 2.45) is 0 Å². The van der Waals surface area contributed by atoms with E-state index in [1.54, 1.807) is 0 Å². The summed E-state index contributed by atoms with van der Waals surface area (Å²) in [5.41, 5.74) is 2.41. The third-order valence-electron chi connectivity index (χ3n) is 2.53. The quantitative estimate of drug-likeness (QED) is 0.862. The van der Waals surface area contributed by atoms with Crippen LogP contribution >= 0.6 is 15.9 Å². The molecule has 0 heterocycles. The van der Waals surface area contributed by atoms with Crippen LogP contribution in [-0.2, 0) is 0 Å². The Morgan fingerprint density at radius 3 is 2.25 bits per heavy atom. The molecule has 2 aromatic carbocycles. The maximum atomic E-state index is 3.57. The largest absolute Gasteiger partial charge is 0.378 e. The average molecular weight is 276 g/mol. The Kier molecular flexibility index (Phi) is 3.62. The van der Waals surface area contributed by atoms with E-state index in [1.807, 2.05) is 24.3 Å². The molecule has 1 nitrogen and oxygen atoms in total. The van der Waals surface area contributed by atoms with E-state index in [4.69, 9.17) is 0 Å². The molecule has 0 bridgehead atoms. The number of anilines is 1. The summed E-state index contributed by atoms with van der Waals surface area (Å²) in [6.45, 7) is 2.16. The molecule has 2 rings (SSSR count). The topological polar surface area (TPSA) is 12.0 Å². The smallest absolute Gasteiger partial charge is 0.0496 e. The van der Waals surface area contributed by atoms with E-state index in [0.29, 0.717) is 0 Å². The first-order chi connectivity index (χ1) is 7.77. The first kappa shape index (κ1) is 11.2. The Bertz CT molecular complexity index is 453. The highest BCUT2D eigenvalue weighted by molar-refractivity contribution is 9.10. The van der Waals surface area contributed by atoms with Crippen LogP contribution in [0.3, 0.4) is 0 Å². The minimum atomic E-state index is 0.290. The molecule has 16 heavy (non-hydrogen) atoms. The van der Waals surface area contributed by atoms with Gasteiger partial charge in [-0.3, -0.25) is 0 Å². The molecule has 1 atom stereocenters. The third-order valence-corrected chi connectivity index (χ3v) is 3.25. The van der Waals surface area contributed by atoms with E-state index in [-0.39, 0.29) is 6.04 Å². The van der Waals surface area contributed by atoms with Crippen LogP contribution in [0.1, 0.15) is 18.5 Å². The van der Waals surface area contributed by atoms with Gasteiger partial charge in [0.25, 0.3) is 0 Å². The normalized spacial score (nSPS) is 12.1. The predicted octanol–water partition coefficient (Wildman–Crippen LogP) is 4.62. The van der Waals surface area contributed by atoms with Crippen LogP contribution in [0.25, 0.3) is 0 Å². The highest BCUT2D eigenvalue weighted by atomic mass is 79.9. The van der Waals surface area contributed by atoms with Crippen molar-refractivity contribution in [1.29, 1.82) is 0 Å². The number of halogens is 1. The first-order valence-electron chi connectivity index (χ1n) is 5.33. The molecule has 2 aromatic rings. The lowest BCUT2D eigenvalue weighted by Crippen LogP contribution is -2.06. The van der Waals surface area contributed by atoms with Crippen LogP contribution in [0.5, 0.6) is 0 Å². The second-order valence-electron chi connectivity index (χ2n) is 3.75. The van der Waals surface area contributed by atoms with Gasteiger partial charge in [0, 0.05) is 16.2 Å². The van der Waals surface area contributed by atoms with Crippen LogP contribution < -0.4 is 5.32 Å². The first-order valence-corrected chi connectivity index (χ1v) is 6.12. The summed E-state index contributed by atoms with van der Waals surface area (Å²) in [7, 11) is 0. The zero-order chi connectivity index (χ0) is 11.4. The molecule has 1 N–H and O–H groups in total. The Morgan fingerprint density at radius 2 is 1.56 bits per heavy atom. The number of hydrogen-bond acceptors (Lipinski definition) is 1. The molecule has 1 unspecified atom stereocenters. The molecule has 82 valence electrons. The van der Waals surface area contributed by atoms with Gasteiger partial charge in [0.15, 0.2) is 0 Å². The number of rotatable bonds is 3. The molecule has 0 aliphatic rings. The average Bonchev–Trinajstić information content (AvgIpc) is 2.31. The van der Waals surface area contributed by atoms with Crippen molar-refractivity contribution in [3.63, 3.8) is 0 Å². The van der Waals surface area contributed by atoms with Gasteiger partial charge in [-0.25, -0.2) is 0 Å². The number of nitrogens with one attached hydrogen (secondary N) is 1. The summed E-state index contributed by atoms with van der Waals surface area (Å²) in [6.07, 6.45) is 0. The zero-order valence-corrected chi connectivity index (χ0v) is 10.7. The van der Waals surface area contributed by atoms with Crippen LogP contribution in [-0.4, -0.2) is 0 Å². The molecule has 0 saturated heterocycles. The Labute approximate surface area is 105 Å². The maximum absolute atomic E-state index is 3.57. The molecular formula is C14H14BrN. The lowest BCUT2D eigenvalue weighted by Gasteiger charge is -2.16. The molecule has 0 fully saturated rings. The van der Waals surface area contributed by atoms with E-state index in [1.165, 1.54) is 5.56 Å². The summed E-state index contributed by atoms with van der Waals surface area (Å²) in [4.78, 5) is 0. The fourth-order valence-corrected chi connectivity index (χ4v) is 2.32. The minimum Gasteiger partial charge on any atom is -0.378 e. The molecule has 0 aliphatic heterocycles. The van der Waals surface area contributed by atoms with Crippen LogP contribution in [0.2, 0.25) is 0 Å². The fourth-order valence-electron chi connectivity index (χ4n) is 1.69. The van der Waals surface area contributed by atoms with Gasteiger partial charge < -0.3 is 5.32 Å². The van der Waals surface area contributed by atoms with Crippen molar-refractivity contribution in [3.05, 3.63) is 64.6 Å². The summed E-state index contributed by atoms with van der Waals surface area (Å²) >= 11 is 3.57. The molecule has 0 spiro atoms. The van der Waals surface area contributed by atoms with Crippen molar-refractivity contribution >= 4 is 21.6 Å². The Morgan fingerprint density at radius 1 is 0.938 bits per heavy atom. The van der Waals surface area contributed by atoms with Gasteiger partial charge in [-0.05, 0) is 30.7 Å². The lowest BCUT2D eigenvalue weighted by molar-refractivity contribution is 0.879. The van der Waals surface area contributed by atoms with Gasteiger partial charge in [0.05, 0.1) is 0 Å². The molecule has 0 amide bonds. The summed E-state index contributed by atoms with van der Waals surface area (Å²) in [5, 5.41) is 3.47. The van der Waals surface area contributed by atoms with Crippen LogP contribution in [0, 0.1) is 0 Å². The van der Waals surface area contributed by atoms with Gasteiger partial charge in [-0.2, -0.15) is 0 Å². The minimum absolute atomic E-state index is 0.290. The van der Waals surface area contributed by atoms with Crippen molar-refractivity contribution in [2.75, 3.05) is 5.32 Å². The standard InChI is InChI=1S/C14H14BrN/c1-11(13-9-5-6-10-14(13)15)16-12-7-3-2-4-8-12/h2-11,16H,1H3. The van der Waals surface area contributed by atoms with Gasteiger partial charge in [0.2, 0.25) is 0 Å². The van der Waals surface area contributed by atoms with Crippen molar-refractivity contribution in [1.82, 2.24) is 0 Å². The number of para-hydroxylation sites is 1. The molecule has 0 aromatic heterocycles. The van der Waals surface area contributed by atoms with E-state index in [2.05, 4.69) is 58.5 Å². The van der Waals surface area contributed by atoms with Gasteiger partial charge in [-0.15, -0.1) is 0 Å². The van der Waals surface area contributed by atoms with Crippen molar-refractivity contribution in [2.45, 2.75) is 13.0 Å². The van der Waals surface area contributed by atoms with Gasteiger partial charge in [0.1, 0.15) is 0 Å². The zero-order valence-electron chi connectivity index (χ0n) is 9.15. The monoisotopic (exact) mass is 275 g/mol. The van der Waals surface area contributed by atoms with E-state index >= 15 is 0 Å². The van der Waals surface area contributed by atoms with Gasteiger partial charge >= 0.3 is 0 Å². The fraction of sp³-hybridized carbons (Fsp3) is 0.143. The summed E-state index contributed by atoms with van der Waals surface area (Å²) in [5.74, 6) is 0. The Balaban J connectivity index is 2.15. The summed E-state index contributed by atoms with van der Waals surface area (Å²) in [6, 6.07) is 18.8. The number of benzene rings is 2. The number of hydrogen-bond donors (Lipinski definition) is 1. The lowest BCUT2D eigenvalue weighted by atomic mass is 10.1. The van der Waals surface area contributed by atoms with E-state index in [0.717, 1.165) is 10.2 Å². The van der Waals surface area contributed by atoms with E-state index < -0.39 is 0 Å². The molecule has 0 aliphatic carbocycles. The van der Waals surface area contributed by atoms with Crippen molar-refractivity contribution < 1.29 is 0 Å². The van der Waals surface area contributed by atoms with Gasteiger partial charge in [-0.1, -0.05) is 52.3 Å². The highest BCUT2D eigenvalue weighted by Gasteiger charge is 2.07. The van der Waals surface area contributed by atoms with Crippen LogP contribution in [0.15, 0.2) is 59.1 Å². The van der Waals surface area contributed by atoms with E-state index in [9.17, 15) is 0 Å². The summed E-state index contributed by atoms with van der Waals surface area (Å²) < 4.78 is 1.14. The van der Waals surface area contributed by atoms with Crippen LogP contribution in [0.4, 0.5) is 5.69 Å². The molecule has 0 radical (unpaired) electrons. The molecule has 0 saturated carbocycles. The second-order valence-corrected chi connectivity index (χ2v) is 4.61. The third kappa shape index (κ3) is 2.64. The molecule has 2 heteroatoms. The molecular weight excluding hydrogens is 262 g/mol. The Hall–Kier alpha value is -1.28. The SMILES string of the molecule is CC(Nc1ccccc1)c1ccccc1Br. The maximum Gasteiger partial charge on any atom is 0.0496 e. The highest BCUT2D eigenvalue weighted by Crippen LogP contribution is 2.25. The second kappa shape index (κ2) is 5.17. The van der Waals surface area contributed by atoms with Crippen molar-refractivity contribution in [3.8, 4) is 0 Å². The predicted molar refractivity (Wildman–Crippen MR) is 72.6 cm³/mol.